The van der Waals surface area contributed by atoms with Crippen LogP contribution in [0.1, 0.15) is 79.6 Å². The predicted molar refractivity (Wildman–Crippen MR) is 116 cm³/mol. The second kappa shape index (κ2) is 9.43. The van der Waals surface area contributed by atoms with Crippen LogP contribution in [0.3, 0.4) is 0 Å². The molecule has 1 aliphatic heterocycles. The molecule has 6 nitrogen and oxygen atoms in total. The highest BCUT2D eigenvalue weighted by atomic mass is 16.6. The quantitative estimate of drug-likeness (QED) is 0.502. The first-order valence-corrected chi connectivity index (χ1v) is 11.8. The molecule has 0 aromatic heterocycles. The minimum absolute atomic E-state index is 0.0183. The summed E-state index contributed by atoms with van der Waals surface area (Å²) < 4.78 is 11.5. The Bertz CT molecular complexity index is 738. The Morgan fingerprint density at radius 1 is 1.23 bits per heavy atom. The standard InChI is InChI=1S/C25H38O6/c1-6-25(4,5)24(29)31-21-10-14(2)9-16-11-20(27)15(3)19(23(16)21)8-7-18-12-17(26)13-22(28)30-18/h9,14-15,17-19,21,23,26H,6-8,10-13H2,1-5H3/t14-,15+,17+,18-,19-,21-,23-/m1/s1. The summed E-state index contributed by atoms with van der Waals surface area (Å²) in [7, 11) is 0. The molecule has 0 aromatic carbocycles. The van der Waals surface area contributed by atoms with Crippen LogP contribution in [0.4, 0.5) is 0 Å². The molecule has 0 spiro atoms. The highest BCUT2D eigenvalue weighted by molar-refractivity contribution is 5.85. The van der Waals surface area contributed by atoms with Crippen LogP contribution < -0.4 is 0 Å². The Morgan fingerprint density at radius 3 is 2.58 bits per heavy atom. The van der Waals surface area contributed by atoms with Gasteiger partial charge in [0, 0.05) is 24.7 Å². The van der Waals surface area contributed by atoms with Gasteiger partial charge in [0.05, 0.1) is 17.9 Å². The van der Waals surface area contributed by atoms with Crippen molar-refractivity contribution in [3.63, 3.8) is 0 Å². The zero-order valence-corrected chi connectivity index (χ0v) is 19.6. The molecule has 0 radical (unpaired) electrons. The number of hydrogen-bond donors (Lipinski definition) is 1. The van der Waals surface area contributed by atoms with Gasteiger partial charge in [0.25, 0.3) is 0 Å². The molecule has 3 rings (SSSR count). The van der Waals surface area contributed by atoms with Crippen molar-refractivity contribution in [3.8, 4) is 0 Å². The van der Waals surface area contributed by atoms with Crippen molar-refractivity contribution in [1.82, 2.24) is 0 Å². The van der Waals surface area contributed by atoms with Crippen LogP contribution in [0.2, 0.25) is 0 Å². The van der Waals surface area contributed by atoms with Gasteiger partial charge < -0.3 is 14.6 Å². The maximum atomic E-state index is 12.9. The topological polar surface area (TPSA) is 89.9 Å². The van der Waals surface area contributed by atoms with E-state index in [4.69, 9.17) is 9.47 Å². The van der Waals surface area contributed by atoms with Gasteiger partial charge >= 0.3 is 11.9 Å². The first-order valence-electron chi connectivity index (χ1n) is 11.8. The molecule has 31 heavy (non-hydrogen) atoms. The molecule has 6 heteroatoms. The van der Waals surface area contributed by atoms with E-state index in [9.17, 15) is 19.5 Å². The number of hydrogen-bond acceptors (Lipinski definition) is 6. The average Bonchev–Trinajstić information content (AvgIpc) is 2.67. The lowest BCUT2D eigenvalue weighted by molar-refractivity contribution is -0.167. The maximum Gasteiger partial charge on any atom is 0.311 e. The van der Waals surface area contributed by atoms with Crippen molar-refractivity contribution in [3.05, 3.63) is 11.6 Å². The summed E-state index contributed by atoms with van der Waals surface area (Å²) in [4.78, 5) is 37.4. The van der Waals surface area contributed by atoms with Crippen LogP contribution >= 0.6 is 0 Å². The monoisotopic (exact) mass is 434 g/mol. The van der Waals surface area contributed by atoms with E-state index in [1.165, 1.54) is 0 Å². The first kappa shape index (κ1) is 24.0. The maximum absolute atomic E-state index is 12.9. The Labute approximate surface area is 185 Å². The van der Waals surface area contributed by atoms with E-state index < -0.39 is 11.5 Å². The normalized spacial score (nSPS) is 36.3. The van der Waals surface area contributed by atoms with E-state index >= 15 is 0 Å². The number of aliphatic hydroxyl groups is 1. The van der Waals surface area contributed by atoms with Gasteiger partial charge in [-0.15, -0.1) is 0 Å². The van der Waals surface area contributed by atoms with E-state index in [1.54, 1.807) is 0 Å². The molecule has 1 saturated heterocycles. The third kappa shape index (κ3) is 5.39. The number of ketones is 1. The Hall–Kier alpha value is -1.69. The molecular weight excluding hydrogens is 396 g/mol. The number of allylic oxidation sites excluding steroid dienone is 1. The Balaban J connectivity index is 1.80. The van der Waals surface area contributed by atoms with Crippen molar-refractivity contribution in [2.75, 3.05) is 0 Å². The van der Waals surface area contributed by atoms with Gasteiger partial charge in [0.15, 0.2) is 0 Å². The molecule has 1 N–H and O–H groups in total. The van der Waals surface area contributed by atoms with Crippen LogP contribution in [0.25, 0.3) is 0 Å². The fraction of sp³-hybridized carbons (Fsp3) is 0.800. The molecule has 2 fully saturated rings. The number of ether oxygens (including phenoxy) is 2. The molecule has 0 bridgehead atoms. The SMILES string of the molecule is CCC(C)(C)C(=O)O[C@@H]1C[C@H](C)C=C2CC(=O)[C@@H](C)[C@@H](CC[C@@H]3C[C@H](O)CC(=O)O3)[C@@H]21. The van der Waals surface area contributed by atoms with Gasteiger partial charge in [-0.2, -0.15) is 0 Å². The number of rotatable bonds is 6. The lowest BCUT2D eigenvalue weighted by atomic mass is 9.62. The van der Waals surface area contributed by atoms with E-state index in [-0.39, 0.29) is 60.0 Å². The summed E-state index contributed by atoms with van der Waals surface area (Å²) in [6.07, 6.45) is 4.64. The second-order valence-electron chi connectivity index (χ2n) is 10.5. The number of carbonyl (C=O) groups is 3. The number of fused-ring (bicyclic) bond motifs is 1. The zero-order chi connectivity index (χ0) is 22.9. The molecule has 174 valence electrons. The van der Waals surface area contributed by atoms with E-state index in [0.29, 0.717) is 32.1 Å². The lowest BCUT2D eigenvalue weighted by Gasteiger charge is -2.45. The number of aliphatic hydroxyl groups excluding tert-OH is 1. The van der Waals surface area contributed by atoms with Crippen LogP contribution in [-0.2, 0) is 23.9 Å². The molecule has 0 amide bonds. The summed E-state index contributed by atoms with van der Waals surface area (Å²) in [6, 6.07) is 0. The summed E-state index contributed by atoms with van der Waals surface area (Å²) >= 11 is 0. The highest BCUT2D eigenvalue weighted by Crippen LogP contribution is 2.47. The molecule has 0 unspecified atom stereocenters. The third-order valence-corrected chi connectivity index (χ3v) is 7.67. The van der Waals surface area contributed by atoms with Crippen molar-refractivity contribution >= 4 is 17.7 Å². The summed E-state index contributed by atoms with van der Waals surface area (Å²) in [5.41, 5.74) is 0.558. The summed E-state index contributed by atoms with van der Waals surface area (Å²) in [6.45, 7) is 9.88. The molecule has 0 aromatic rings. The lowest BCUT2D eigenvalue weighted by Crippen LogP contribution is -2.46. The predicted octanol–water partition coefficient (Wildman–Crippen LogP) is 3.99. The zero-order valence-electron chi connectivity index (χ0n) is 19.6. The largest absolute Gasteiger partial charge is 0.462 e. The number of esters is 2. The van der Waals surface area contributed by atoms with Gasteiger partial charge in [0.1, 0.15) is 18.0 Å². The summed E-state index contributed by atoms with van der Waals surface area (Å²) in [5, 5.41) is 9.92. The number of cyclic esters (lactones) is 1. The van der Waals surface area contributed by atoms with Crippen LogP contribution in [0.15, 0.2) is 11.6 Å². The van der Waals surface area contributed by atoms with Crippen LogP contribution in [0, 0.1) is 29.1 Å². The smallest absolute Gasteiger partial charge is 0.311 e. The molecule has 7 atom stereocenters. The minimum atomic E-state index is -0.660. The van der Waals surface area contributed by atoms with Gasteiger partial charge in [0.2, 0.25) is 0 Å². The molecule has 2 aliphatic carbocycles. The van der Waals surface area contributed by atoms with Crippen molar-refractivity contribution in [2.24, 2.45) is 29.1 Å². The van der Waals surface area contributed by atoms with E-state index in [0.717, 1.165) is 12.0 Å². The van der Waals surface area contributed by atoms with Gasteiger partial charge in [-0.1, -0.05) is 32.4 Å². The number of carbonyl (C=O) groups excluding carboxylic acids is 3. The van der Waals surface area contributed by atoms with E-state index in [2.05, 4.69) is 13.0 Å². The van der Waals surface area contributed by atoms with Crippen molar-refractivity contribution < 1.29 is 29.0 Å². The van der Waals surface area contributed by atoms with Crippen LogP contribution in [-0.4, -0.2) is 41.1 Å². The average molecular weight is 435 g/mol. The number of Topliss-reactive ketones (excluding diaryl/α,β-unsaturated/α-hetero) is 1. The molecule has 3 aliphatic rings. The highest BCUT2D eigenvalue weighted by Gasteiger charge is 2.47. The Morgan fingerprint density at radius 2 is 1.94 bits per heavy atom. The van der Waals surface area contributed by atoms with E-state index in [1.807, 2.05) is 27.7 Å². The molecule has 1 saturated carbocycles. The van der Waals surface area contributed by atoms with Crippen LogP contribution in [0.5, 0.6) is 0 Å². The van der Waals surface area contributed by atoms with Crippen molar-refractivity contribution in [1.29, 1.82) is 0 Å². The Kier molecular flexibility index (Phi) is 7.29. The molecular formula is C25H38O6. The summed E-state index contributed by atoms with van der Waals surface area (Å²) in [5.74, 6) is -0.158. The van der Waals surface area contributed by atoms with Gasteiger partial charge in [-0.25, -0.2) is 0 Å². The van der Waals surface area contributed by atoms with Gasteiger partial charge in [-0.05, 0) is 51.4 Å². The fourth-order valence-corrected chi connectivity index (χ4v) is 5.34. The fourth-order valence-electron chi connectivity index (χ4n) is 5.34. The first-order chi connectivity index (χ1) is 14.5. The minimum Gasteiger partial charge on any atom is -0.462 e. The van der Waals surface area contributed by atoms with Gasteiger partial charge in [-0.3, -0.25) is 14.4 Å². The molecule has 1 heterocycles. The second-order valence-corrected chi connectivity index (χ2v) is 10.5. The third-order valence-electron chi connectivity index (χ3n) is 7.67. The van der Waals surface area contributed by atoms with Crippen molar-refractivity contribution in [2.45, 2.75) is 97.9 Å².